The van der Waals surface area contributed by atoms with E-state index in [0.29, 0.717) is 0 Å². The molecule has 0 aliphatic rings. The SMILES string of the molecule is CCN(CC)[P+](C)(Cc1ccccc1)c1ccccc1.[Br-]. The van der Waals surface area contributed by atoms with Gasteiger partial charge in [-0.25, -0.2) is 0 Å². The van der Waals surface area contributed by atoms with Crippen LogP contribution in [0.15, 0.2) is 60.7 Å². The minimum atomic E-state index is -1.32. The van der Waals surface area contributed by atoms with Gasteiger partial charge in [0.1, 0.15) is 18.9 Å². The van der Waals surface area contributed by atoms with Crippen LogP contribution < -0.4 is 22.3 Å². The second kappa shape index (κ2) is 8.68. The van der Waals surface area contributed by atoms with Crippen molar-refractivity contribution in [3.63, 3.8) is 0 Å². The molecule has 114 valence electrons. The van der Waals surface area contributed by atoms with Crippen molar-refractivity contribution in [1.29, 1.82) is 0 Å². The van der Waals surface area contributed by atoms with Crippen molar-refractivity contribution in [2.24, 2.45) is 0 Å². The standard InChI is InChI=1S/C18H25NP.BrH/c1-4-19(5-2)20(3,18-14-10-7-11-15-18)16-17-12-8-6-9-13-17;/h6-15H,4-5,16H2,1-3H3;1H/q+1;/p-1. The van der Waals surface area contributed by atoms with Gasteiger partial charge in [-0.2, -0.15) is 4.67 Å². The van der Waals surface area contributed by atoms with E-state index in [2.05, 4.69) is 85.8 Å². The van der Waals surface area contributed by atoms with E-state index < -0.39 is 7.41 Å². The third-order valence-corrected chi connectivity index (χ3v) is 8.21. The zero-order valence-electron chi connectivity index (χ0n) is 13.2. The molecule has 21 heavy (non-hydrogen) atoms. The summed E-state index contributed by atoms with van der Waals surface area (Å²) < 4.78 is 2.66. The summed E-state index contributed by atoms with van der Waals surface area (Å²) in [6, 6.07) is 21.9. The van der Waals surface area contributed by atoms with Gasteiger partial charge in [0, 0.05) is 13.1 Å². The van der Waals surface area contributed by atoms with Gasteiger partial charge in [0.05, 0.1) is 6.66 Å². The third kappa shape index (κ3) is 4.39. The van der Waals surface area contributed by atoms with Gasteiger partial charge >= 0.3 is 0 Å². The fourth-order valence-electron chi connectivity index (χ4n) is 2.89. The number of hydrogen-bond donors (Lipinski definition) is 0. The van der Waals surface area contributed by atoms with E-state index >= 15 is 0 Å². The average molecular weight is 366 g/mol. The first-order chi connectivity index (χ1) is 9.70. The van der Waals surface area contributed by atoms with Crippen LogP contribution in [0.25, 0.3) is 0 Å². The van der Waals surface area contributed by atoms with Gasteiger partial charge in [0.25, 0.3) is 0 Å². The molecule has 0 saturated carbocycles. The molecule has 1 nitrogen and oxygen atoms in total. The molecular weight excluding hydrogens is 341 g/mol. The Morgan fingerprint density at radius 2 is 1.29 bits per heavy atom. The van der Waals surface area contributed by atoms with Crippen LogP contribution in [0.4, 0.5) is 0 Å². The van der Waals surface area contributed by atoms with Crippen LogP contribution in [0.5, 0.6) is 0 Å². The molecule has 0 aliphatic carbocycles. The molecule has 0 aliphatic heterocycles. The molecule has 0 saturated heterocycles. The van der Waals surface area contributed by atoms with Gasteiger partial charge in [-0.1, -0.05) is 48.5 Å². The quantitative estimate of drug-likeness (QED) is 0.699. The highest BCUT2D eigenvalue weighted by Gasteiger charge is 2.40. The smallest absolute Gasteiger partial charge is 0.117 e. The molecule has 0 heterocycles. The lowest BCUT2D eigenvalue weighted by atomic mass is 10.2. The Labute approximate surface area is 140 Å². The summed E-state index contributed by atoms with van der Waals surface area (Å²) in [7, 11) is -1.32. The van der Waals surface area contributed by atoms with Gasteiger partial charge in [-0.3, -0.25) is 0 Å². The molecule has 1 atom stereocenters. The van der Waals surface area contributed by atoms with Gasteiger partial charge in [-0.15, -0.1) is 0 Å². The summed E-state index contributed by atoms with van der Waals surface area (Å²) in [5.74, 6) is 0. The topological polar surface area (TPSA) is 3.24 Å². The number of hydrogen-bond acceptors (Lipinski definition) is 1. The summed E-state index contributed by atoms with van der Waals surface area (Å²) in [6.45, 7) is 9.25. The van der Waals surface area contributed by atoms with E-state index in [9.17, 15) is 0 Å². The summed E-state index contributed by atoms with van der Waals surface area (Å²) in [4.78, 5) is 0. The molecule has 2 aromatic rings. The highest BCUT2D eigenvalue weighted by Crippen LogP contribution is 2.59. The number of rotatable bonds is 6. The molecule has 0 N–H and O–H groups in total. The van der Waals surface area contributed by atoms with Crippen molar-refractivity contribution in [3.8, 4) is 0 Å². The van der Waals surface area contributed by atoms with Crippen molar-refractivity contribution < 1.29 is 17.0 Å². The second-order valence-electron chi connectivity index (χ2n) is 5.26. The first kappa shape index (κ1) is 18.4. The first-order valence-electron chi connectivity index (χ1n) is 7.41. The lowest BCUT2D eigenvalue weighted by Crippen LogP contribution is -3.00. The molecule has 3 heteroatoms. The van der Waals surface area contributed by atoms with Gasteiger partial charge < -0.3 is 17.0 Å². The lowest BCUT2D eigenvalue weighted by Gasteiger charge is -2.33. The Bertz CT molecular complexity index is 513. The van der Waals surface area contributed by atoms with Crippen LogP contribution >= 0.6 is 7.41 Å². The first-order valence-corrected chi connectivity index (χ1v) is 9.78. The Balaban J connectivity index is 0.00000220. The molecule has 1 unspecified atom stereocenters. The van der Waals surface area contributed by atoms with Crippen molar-refractivity contribution in [2.75, 3.05) is 19.8 Å². The minimum Gasteiger partial charge on any atom is -1.00 e. The zero-order chi connectivity index (χ0) is 14.4. The van der Waals surface area contributed by atoms with E-state index in [4.69, 9.17) is 0 Å². The maximum absolute atomic E-state index is 2.66. The summed E-state index contributed by atoms with van der Waals surface area (Å²) in [5, 5.41) is 1.51. The number of nitrogens with zero attached hydrogens (tertiary/aromatic N) is 1. The Morgan fingerprint density at radius 3 is 1.76 bits per heavy atom. The lowest BCUT2D eigenvalue weighted by molar-refractivity contribution is -0.00000441. The third-order valence-electron chi connectivity index (χ3n) is 4.00. The maximum atomic E-state index is 2.66. The van der Waals surface area contributed by atoms with Gasteiger partial charge in [-0.05, 0) is 31.5 Å². The highest BCUT2D eigenvalue weighted by molar-refractivity contribution is 7.79. The van der Waals surface area contributed by atoms with Crippen molar-refractivity contribution in [3.05, 3.63) is 66.2 Å². The Kier molecular flexibility index (Phi) is 7.59. The Morgan fingerprint density at radius 1 is 0.810 bits per heavy atom. The van der Waals surface area contributed by atoms with Gasteiger partial charge in [0.15, 0.2) is 0 Å². The van der Waals surface area contributed by atoms with E-state index in [-0.39, 0.29) is 17.0 Å². The molecule has 0 radical (unpaired) electrons. The average Bonchev–Trinajstić information content (AvgIpc) is 2.50. The van der Waals surface area contributed by atoms with Crippen molar-refractivity contribution in [1.82, 2.24) is 4.67 Å². The van der Waals surface area contributed by atoms with E-state index in [1.54, 1.807) is 0 Å². The summed E-state index contributed by atoms with van der Waals surface area (Å²) in [6.07, 6.45) is 1.15. The predicted octanol–water partition coefficient (Wildman–Crippen LogP) is 1.42. The fourth-order valence-corrected chi connectivity index (χ4v) is 6.58. The van der Waals surface area contributed by atoms with Crippen LogP contribution in [-0.4, -0.2) is 24.4 Å². The molecule has 0 amide bonds. The number of halogens is 1. The maximum Gasteiger partial charge on any atom is 0.117 e. The van der Waals surface area contributed by atoms with Crippen LogP contribution in [0, 0.1) is 0 Å². The predicted molar refractivity (Wildman–Crippen MR) is 92.0 cm³/mol. The van der Waals surface area contributed by atoms with Crippen LogP contribution in [0.3, 0.4) is 0 Å². The number of benzene rings is 2. The second-order valence-corrected chi connectivity index (χ2v) is 8.93. The monoisotopic (exact) mass is 365 g/mol. The van der Waals surface area contributed by atoms with Crippen molar-refractivity contribution >= 4 is 12.7 Å². The minimum absolute atomic E-state index is 0. The summed E-state index contributed by atoms with van der Waals surface area (Å²) in [5.41, 5.74) is 1.44. The largest absolute Gasteiger partial charge is 1.00 e. The molecule has 2 aromatic carbocycles. The van der Waals surface area contributed by atoms with E-state index in [1.165, 1.54) is 10.9 Å². The molecular formula is C18H25BrNP. The highest BCUT2D eigenvalue weighted by atomic mass is 79.9. The van der Waals surface area contributed by atoms with Crippen LogP contribution in [0.1, 0.15) is 19.4 Å². The fraction of sp³-hybridized carbons (Fsp3) is 0.333. The molecule has 2 rings (SSSR count). The molecule has 0 aromatic heterocycles. The molecule has 0 spiro atoms. The Hall–Kier alpha value is -0.690. The molecule has 0 bridgehead atoms. The van der Waals surface area contributed by atoms with Gasteiger partial charge in [0.2, 0.25) is 0 Å². The normalized spacial score (nSPS) is 13.5. The van der Waals surface area contributed by atoms with E-state index in [0.717, 1.165) is 19.3 Å². The van der Waals surface area contributed by atoms with Crippen molar-refractivity contribution in [2.45, 2.75) is 20.0 Å². The molecule has 0 fully saturated rings. The van der Waals surface area contributed by atoms with Crippen LogP contribution in [0.2, 0.25) is 0 Å². The van der Waals surface area contributed by atoms with E-state index in [1.807, 2.05) is 0 Å². The summed E-state index contributed by atoms with van der Waals surface area (Å²) >= 11 is 0. The zero-order valence-corrected chi connectivity index (χ0v) is 15.6. The van der Waals surface area contributed by atoms with Crippen LogP contribution in [-0.2, 0) is 6.16 Å².